The first-order valence-electron chi connectivity index (χ1n) is 9.85. The maximum absolute atomic E-state index is 13.7. The number of allylic oxidation sites excluding steroid dienone is 4. The van der Waals surface area contributed by atoms with E-state index in [2.05, 4.69) is 5.10 Å². The number of phenolic OH excluding ortho intramolecular Hbond substituents is 1. The largest absolute Gasteiger partial charge is 0.506 e. The van der Waals surface area contributed by atoms with Gasteiger partial charge in [0.1, 0.15) is 23.8 Å². The van der Waals surface area contributed by atoms with Gasteiger partial charge in [0, 0.05) is 19.7 Å². The third-order valence-electron chi connectivity index (χ3n) is 4.67. The van der Waals surface area contributed by atoms with Gasteiger partial charge >= 0.3 is 11.8 Å². The van der Waals surface area contributed by atoms with Crippen LogP contribution in [0.2, 0.25) is 0 Å². The van der Waals surface area contributed by atoms with Crippen LogP contribution in [0.4, 0.5) is 22.0 Å². The van der Waals surface area contributed by atoms with Gasteiger partial charge in [0.15, 0.2) is 0 Å². The lowest BCUT2D eigenvalue weighted by molar-refractivity contribution is -0.127. The van der Waals surface area contributed by atoms with Gasteiger partial charge in [0.2, 0.25) is 0 Å². The predicted molar refractivity (Wildman–Crippen MR) is 119 cm³/mol. The molecule has 2 rings (SSSR count). The van der Waals surface area contributed by atoms with E-state index in [0.717, 1.165) is 6.07 Å². The Morgan fingerprint density at radius 1 is 1.15 bits per heavy atom. The molecule has 0 fully saturated rings. The molecule has 1 atom stereocenters. The molecule has 1 aromatic heterocycles. The zero-order valence-electron chi connectivity index (χ0n) is 18.6. The Labute approximate surface area is 191 Å². The van der Waals surface area contributed by atoms with E-state index in [4.69, 9.17) is 9.47 Å². The van der Waals surface area contributed by atoms with Crippen LogP contribution < -0.4 is 4.74 Å². The minimum Gasteiger partial charge on any atom is -0.506 e. The van der Waals surface area contributed by atoms with Crippen molar-refractivity contribution in [3.8, 4) is 22.8 Å². The van der Waals surface area contributed by atoms with E-state index in [1.165, 1.54) is 53.2 Å². The summed E-state index contributed by atoms with van der Waals surface area (Å²) in [5.41, 5.74) is -2.59. The number of halogens is 5. The summed E-state index contributed by atoms with van der Waals surface area (Å²) in [7, 11) is 4.36. The molecule has 1 aromatic carbocycles. The molecular formula is C22H26F5N2O3P. The molecule has 0 radical (unpaired) electrons. The fourth-order valence-electron chi connectivity index (χ4n) is 3.12. The van der Waals surface area contributed by atoms with Crippen molar-refractivity contribution in [2.24, 2.45) is 7.05 Å². The third-order valence-corrected chi connectivity index (χ3v) is 4.97. The lowest BCUT2D eigenvalue weighted by Crippen LogP contribution is -2.07. The van der Waals surface area contributed by atoms with Crippen molar-refractivity contribution >= 4 is 14.8 Å². The average Bonchev–Trinajstić information content (AvgIpc) is 3.07. The Morgan fingerprint density at radius 3 is 2.36 bits per heavy atom. The van der Waals surface area contributed by atoms with Crippen molar-refractivity contribution in [2.75, 3.05) is 20.3 Å². The first-order chi connectivity index (χ1) is 15.2. The second kappa shape index (κ2) is 10.7. The Morgan fingerprint density at radius 2 is 1.82 bits per heavy atom. The molecule has 1 unspecified atom stereocenters. The van der Waals surface area contributed by atoms with Crippen LogP contribution in [0.25, 0.3) is 16.8 Å². The van der Waals surface area contributed by atoms with Gasteiger partial charge in [-0.25, -0.2) is 0 Å². The Bertz CT molecular complexity index is 1040. The minimum absolute atomic E-state index is 0.0818. The van der Waals surface area contributed by atoms with E-state index >= 15 is 0 Å². The first-order valence-corrected chi connectivity index (χ1v) is 10.4. The summed E-state index contributed by atoms with van der Waals surface area (Å²) in [6, 6.07) is 4.21. The number of methoxy groups -OCH3 is 1. The average molecular weight is 492 g/mol. The molecule has 0 bridgehead atoms. The van der Waals surface area contributed by atoms with Gasteiger partial charge in [-0.3, -0.25) is 4.68 Å². The van der Waals surface area contributed by atoms with Gasteiger partial charge in [0.05, 0.1) is 24.3 Å². The molecule has 182 valence electrons. The monoisotopic (exact) mass is 492 g/mol. The zero-order chi connectivity index (χ0) is 25.0. The zero-order valence-corrected chi connectivity index (χ0v) is 19.8. The van der Waals surface area contributed by atoms with E-state index in [0.29, 0.717) is 5.57 Å². The molecule has 0 aliphatic carbocycles. The number of rotatable bonds is 9. The topological polar surface area (TPSA) is 56.5 Å². The molecule has 0 aliphatic rings. The maximum Gasteiger partial charge on any atom is 0.392 e. The number of ether oxygens (including phenoxy) is 2. The quantitative estimate of drug-likeness (QED) is 0.201. The summed E-state index contributed by atoms with van der Waals surface area (Å²) in [6.07, 6.45) is -2.66. The van der Waals surface area contributed by atoms with E-state index < -0.39 is 24.0 Å². The van der Waals surface area contributed by atoms with Crippen LogP contribution in [0.1, 0.15) is 31.5 Å². The Kier molecular flexibility index (Phi) is 8.65. The van der Waals surface area contributed by atoms with Crippen molar-refractivity contribution in [2.45, 2.75) is 32.1 Å². The van der Waals surface area contributed by atoms with Gasteiger partial charge in [-0.2, -0.15) is 27.1 Å². The highest BCUT2D eigenvalue weighted by Gasteiger charge is 2.30. The summed E-state index contributed by atoms with van der Waals surface area (Å²) in [5.74, 6) is -0.00939. The van der Waals surface area contributed by atoms with Crippen molar-refractivity contribution in [3.63, 3.8) is 0 Å². The highest BCUT2D eigenvalue weighted by atomic mass is 31.0. The number of phenols is 1. The molecule has 0 amide bonds. The summed E-state index contributed by atoms with van der Waals surface area (Å²) in [5, 5.41) is 14.9. The fourth-order valence-corrected chi connectivity index (χ4v) is 3.26. The summed E-state index contributed by atoms with van der Waals surface area (Å²) < 4.78 is 77.1. The number of benzene rings is 1. The Hall–Kier alpha value is -2.45. The molecule has 0 saturated carbocycles. The van der Waals surface area contributed by atoms with E-state index in [-0.39, 0.29) is 47.1 Å². The third kappa shape index (κ3) is 7.27. The fraction of sp³-hybridized carbons (Fsp3) is 0.409. The molecule has 1 N–H and O–H groups in total. The van der Waals surface area contributed by atoms with Crippen LogP contribution >= 0.6 is 9.24 Å². The number of aromatic hydroxyl groups is 1. The smallest absolute Gasteiger partial charge is 0.392 e. The number of nitrogens with zero attached hydrogens (tertiary/aromatic N) is 2. The standard InChI is InChI=1S/C22H26F5N2O3P/c1-13(12-21(23,24)25)5-6-14(2)19-17(32-10-9-31-4)8-7-15(20(19)30)16-11-18(22(26,27)33)28-29(16)3/h5-8,11,30H,9-10,12,33H2,1-4H3/b13-5-,14-6+. The number of aryl methyl sites for hydroxylation is 1. The number of hydrogen-bond acceptors (Lipinski definition) is 4. The highest BCUT2D eigenvalue weighted by Crippen LogP contribution is 2.43. The normalized spacial score (nSPS) is 13.5. The van der Waals surface area contributed by atoms with Crippen molar-refractivity contribution < 1.29 is 36.5 Å². The van der Waals surface area contributed by atoms with Gasteiger partial charge in [-0.1, -0.05) is 27.0 Å². The first kappa shape index (κ1) is 26.8. The van der Waals surface area contributed by atoms with Crippen molar-refractivity contribution in [3.05, 3.63) is 47.2 Å². The molecular weight excluding hydrogens is 466 g/mol. The summed E-state index contributed by atoms with van der Waals surface area (Å²) in [6.45, 7) is 3.38. The van der Waals surface area contributed by atoms with E-state index in [1.54, 1.807) is 13.0 Å². The number of aromatic nitrogens is 2. The molecule has 0 aliphatic heterocycles. The van der Waals surface area contributed by atoms with Gasteiger partial charge < -0.3 is 14.6 Å². The lowest BCUT2D eigenvalue weighted by atomic mass is 9.98. The van der Waals surface area contributed by atoms with Crippen LogP contribution in [-0.2, 0) is 17.4 Å². The summed E-state index contributed by atoms with van der Waals surface area (Å²) >= 11 is 0. The lowest BCUT2D eigenvalue weighted by Gasteiger charge is -2.16. The van der Waals surface area contributed by atoms with Gasteiger partial charge in [0.25, 0.3) is 0 Å². The molecule has 0 saturated heterocycles. The highest BCUT2D eigenvalue weighted by molar-refractivity contribution is 7.17. The molecule has 2 aromatic rings. The molecule has 5 nitrogen and oxygen atoms in total. The minimum atomic E-state index is -4.34. The SMILES string of the molecule is COCCOc1ccc(-c2cc(C(F)(F)P)nn2C)c(O)c1/C(C)=C/C=C(/C)CC(F)(F)F. The van der Waals surface area contributed by atoms with Crippen LogP contribution in [-0.4, -0.2) is 41.4 Å². The molecule has 1 heterocycles. The molecule has 0 spiro atoms. The van der Waals surface area contributed by atoms with Gasteiger partial charge in [-0.05, 0) is 37.6 Å². The van der Waals surface area contributed by atoms with Crippen LogP contribution in [0, 0.1) is 0 Å². The number of hydrogen-bond donors (Lipinski definition) is 1. The second-order valence-corrected chi connectivity index (χ2v) is 8.22. The van der Waals surface area contributed by atoms with Crippen molar-refractivity contribution in [1.29, 1.82) is 0 Å². The van der Waals surface area contributed by atoms with E-state index in [9.17, 15) is 27.1 Å². The summed E-state index contributed by atoms with van der Waals surface area (Å²) in [4.78, 5) is 0. The molecule has 11 heteroatoms. The predicted octanol–water partition coefficient (Wildman–Crippen LogP) is 6.04. The maximum atomic E-state index is 13.7. The van der Waals surface area contributed by atoms with Crippen LogP contribution in [0.5, 0.6) is 11.5 Å². The van der Waals surface area contributed by atoms with Gasteiger partial charge in [-0.15, -0.1) is 0 Å². The van der Waals surface area contributed by atoms with Crippen molar-refractivity contribution in [1.82, 2.24) is 9.78 Å². The van der Waals surface area contributed by atoms with Crippen LogP contribution in [0.15, 0.2) is 35.9 Å². The molecule has 33 heavy (non-hydrogen) atoms. The van der Waals surface area contributed by atoms with E-state index in [1.807, 2.05) is 0 Å². The number of alkyl halides is 5. The second-order valence-electron chi connectivity index (χ2n) is 7.49. The Balaban J connectivity index is 2.58. The van der Waals surface area contributed by atoms with Crippen LogP contribution in [0.3, 0.4) is 0 Å².